The van der Waals surface area contributed by atoms with Crippen LogP contribution in [0, 0.1) is 0 Å². The molecular formula is C5H7ClO4. The highest BCUT2D eigenvalue weighted by molar-refractivity contribution is 6.31. The van der Waals surface area contributed by atoms with Crippen molar-refractivity contribution in [3.63, 3.8) is 0 Å². The molecule has 1 fully saturated rings. The molecule has 0 aliphatic carbocycles. The van der Waals surface area contributed by atoms with Crippen molar-refractivity contribution in [2.75, 3.05) is 6.61 Å². The first-order chi connectivity index (χ1) is 4.66. The number of cyclic esters (lactones) is 1. The van der Waals surface area contributed by atoms with Crippen LogP contribution in [-0.2, 0) is 9.53 Å². The highest BCUT2D eigenvalue weighted by Crippen LogP contribution is 2.19. The van der Waals surface area contributed by atoms with E-state index >= 15 is 0 Å². The lowest BCUT2D eigenvalue weighted by Gasteiger charge is -2.08. The first-order valence-electron chi connectivity index (χ1n) is 2.80. The van der Waals surface area contributed by atoms with Crippen LogP contribution in [0.2, 0.25) is 0 Å². The van der Waals surface area contributed by atoms with Crippen molar-refractivity contribution >= 4 is 17.6 Å². The van der Waals surface area contributed by atoms with Gasteiger partial charge in [0.15, 0.2) is 11.5 Å². The summed E-state index contributed by atoms with van der Waals surface area (Å²) in [7, 11) is 0. The molecule has 2 N–H and O–H groups in total. The molecule has 0 bridgehead atoms. The number of aliphatic hydroxyl groups is 2. The topological polar surface area (TPSA) is 66.8 Å². The molecule has 1 aliphatic rings. The van der Waals surface area contributed by atoms with Crippen LogP contribution < -0.4 is 0 Å². The maximum absolute atomic E-state index is 10.5. The third kappa shape index (κ3) is 1.10. The summed E-state index contributed by atoms with van der Waals surface area (Å²) in [5, 5.41) is 16.4. The monoisotopic (exact) mass is 166 g/mol. The molecule has 3 atom stereocenters. The van der Waals surface area contributed by atoms with Crippen LogP contribution in [0.3, 0.4) is 0 Å². The summed E-state index contributed by atoms with van der Waals surface area (Å²) in [4.78, 5) is 10.5. The minimum absolute atomic E-state index is 0.393. The van der Waals surface area contributed by atoms with Gasteiger partial charge in [0.25, 0.3) is 0 Å². The van der Waals surface area contributed by atoms with Crippen molar-refractivity contribution in [2.45, 2.75) is 17.6 Å². The average Bonchev–Trinajstić information content (AvgIpc) is 2.17. The number of alkyl halides is 1. The Kier molecular flexibility index (Phi) is 2.13. The first-order valence-corrected chi connectivity index (χ1v) is 3.24. The molecule has 1 heterocycles. The molecule has 0 spiro atoms. The largest absolute Gasteiger partial charge is 0.456 e. The Morgan fingerprint density at radius 3 is 2.50 bits per heavy atom. The first kappa shape index (κ1) is 7.78. The summed E-state index contributed by atoms with van der Waals surface area (Å²) in [6.45, 7) is -0.393. The van der Waals surface area contributed by atoms with Crippen molar-refractivity contribution in [3.8, 4) is 0 Å². The Balaban J connectivity index is 2.61. The van der Waals surface area contributed by atoms with Crippen LogP contribution in [0.1, 0.15) is 0 Å². The third-order valence-corrected chi connectivity index (χ3v) is 1.79. The van der Waals surface area contributed by atoms with E-state index in [1.54, 1.807) is 0 Å². The average molecular weight is 167 g/mol. The van der Waals surface area contributed by atoms with E-state index in [9.17, 15) is 4.79 Å². The predicted molar refractivity (Wildman–Crippen MR) is 32.6 cm³/mol. The quantitative estimate of drug-likeness (QED) is 0.382. The number of esters is 1. The standard InChI is InChI=1S/C5H7ClO4/c6-3-4(8)2(1-7)10-5(3)9/h2-4,7-8H,1H2. The summed E-state index contributed by atoms with van der Waals surface area (Å²) in [6.07, 6.45) is -1.94. The van der Waals surface area contributed by atoms with Crippen molar-refractivity contribution in [1.82, 2.24) is 0 Å². The summed E-state index contributed by atoms with van der Waals surface area (Å²) in [6, 6.07) is 0. The van der Waals surface area contributed by atoms with Crippen LogP contribution in [0.5, 0.6) is 0 Å². The normalized spacial score (nSPS) is 39.9. The molecule has 0 aromatic rings. The number of hydrogen-bond acceptors (Lipinski definition) is 4. The van der Waals surface area contributed by atoms with Crippen molar-refractivity contribution in [1.29, 1.82) is 0 Å². The second-order valence-electron chi connectivity index (χ2n) is 2.05. The Morgan fingerprint density at radius 2 is 2.30 bits per heavy atom. The second kappa shape index (κ2) is 2.74. The maximum atomic E-state index is 10.5. The van der Waals surface area contributed by atoms with E-state index in [0.717, 1.165) is 0 Å². The lowest BCUT2D eigenvalue weighted by atomic mass is 10.2. The summed E-state index contributed by atoms with van der Waals surface area (Å²) >= 11 is 5.35. The number of rotatable bonds is 1. The van der Waals surface area contributed by atoms with Gasteiger partial charge in [0.1, 0.15) is 6.10 Å². The highest BCUT2D eigenvalue weighted by Gasteiger charge is 2.41. The molecule has 3 unspecified atom stereocenters. The van der Waals surface area contributed by atoms with E-state index in [-0.39, 0.29) is 0 Å². The van der Waals surface area contributed by atoms with E-state index in [1.807, 2.05) is 0 Å². The number of aliphatic hydroxyl groups excluding tert-OH is 2. The predicted octanol–water partition coefficient (Wildman–Crippen LogP) is -1.13. The Labute approximate surface area is 62.4 Å². The van der Waals surface area contributed by atoms with Gasteiger partial charge in [-0.15, -0.1) is 11.6 Å². The van der Waals surface area contributed by atoms with Gasteiger partial charge in [-0.1, -0.05) is 0 Å². The fourth-order valence-corrected chi connectivity index (χ4v) is 0.971. The number of halogens is 1. The number of carbonyl (C=O) groups is 1. The van der Waals surface area contributed by atoms with Crippen molar-refractivity contribution in [2.24, 2.45) is 0 Å². The zero-order valence-corrected chi connectivity index (χ0v) is 5.78. The molecule has 0 aromatic heterocycles. The molecule has 1 saturated heterocycles. The zero-order valence-electron chi connectivity index (χ0n) is 5.03. The Morgan fingerprint density at radius 1 is 1.70 bits per heavy atom. The van der Waals surface area contributed by atoms with E-state index in [2.05, 4.69) is 4.74 Å². The molecule has 0 amide bonds. The molecule has 4 nitrogen and oxygen atoms in total. The van der Waals surface area contributed by atoms with E-state index in [1.165, 1.54) is 0 Å². The van der Waals surface area contributed by atoms with Crippen LogP contribution in [-0.4, -0.2) is 40.4 Å². The molecule has 58 valence electrons. The van der Waals surface area contributed by atoms with Crippen molar-refractivity contribution in [3.05, 3.63) is 0 Å². The molecule has 0 radical (unpaired) electrons. The van der Waals surface area contributed by atoms with Gasteiger partial charge in [-0.25, -0.2) is 0 Å². The SMILES string of the molecule is O=C1OC(CO)C(O)C1Cl. The third-order valence-electron chi connectivity index (χ3n) is 1.35. The molecule has 1 aliphatic heterocycles. The van der Waals surface area contributed by atoms with Crippen LogP contribution in [0.25, 0.3) is 0 Å². The number of carbonyl (C=O) groups excluding carboxylic acids is 1. The maximum Gasteiger partial charge on any atom is 0.327 e. The molecule has 0 aromatic carbocycles. The highest BCUT2D eigenvalue weighted by atomic mass is 35.5. The summed E-state index contributed by atoms with van der Waals surface area (Å²) in [5.74, 6) is -0.673. The molecule has 5 heteroatoms. The van der Waals surface area contributed by atoms with Gasteiger partial charge in [0.2, 0.25) is 0 Å². The van der Waals surface area contributed by atoms with Gasteiger partial charge in [-0.2, -0.15) is 0 Å². The van der Waals surface area contributed by atoms with Crippen LogP contribution in [0.15, 0.2) is 0 Å². The fraction of sp³-hybridized carbons (Fsp3) is 0.800. The molecule has 10 heavy (non-hydrogen) atoms. The van der Waals surface area contributed by atoms with Crippen LogP contribution >= 0.6 is 11.6 Å². The van der Waals surface area contributed by atoms with Gasteiger partial charge in [-0.05, 0) is 0 Å². The number of ether oxygens (including phenoxy) is 1. The lowest BCUT2D eigenvalue weighted by molar-refractivity contribution is -0.143. The Hall–Kier alpha value is -0.320. The minimum Gasteiger partial charge on any atom is -0.456 e. The number of hydrogen-bond donors (Lipinski definition) is 2. The summed E-state index contributed by atoms with van der Waals surface area (Å²) < 4.78 is 4.46. The molecule has 0 saturated carbocycles. The fourth-order valence-electron chi connectivity index (χ4n) is 0.757. The van der Waals surface area contributed by atoms with E-state index < -0.39 is 30.2 Å². The van der Waals surface area contributed by atoms with Gasteiger partial charge in [-0.3, -0.25) is 4.79 Å². The Bertz CT molecular complexity index is 149. The summed E-state index contributed by atoms with van der Waals surface area (Å²) in [5.41, 5.74) is 0. The van der Waals surface area contributed by atoms with Gasteiger partial charge < -0.3 is 14.9 Å². The van der Waals surface area contributed by atoms with E-state index in [0.29, 0.717) is 0 Å². The van der Waals surface area contributed by atoms with Crippen molar-refractivity contribution < 1.29 is 19.7 Å². The molecule has 1 rings (SSSR count). The smallest absolute Gasteiger partial charge is 0.327 e. The second-order valence-corrected chi connectivity index (χ2v) is 2.52. The molecular weight excluding hydrogens is 160 g/mol. The van der Waals surface area contributed by atoms with Gasteiger partial charge in [0.05, 0.1) is 6.61 Å². The van der Waals surface area contributed by atoms with Gasteiger partial charge in [0, 0.05) is 0 Å². The van der Waals surface area contributed by atoms with Crippen LogP contribution in [0.4, 0.5) is 0 Å². The minimum atomic E-state index is -1.08. The van der Waals surface area contributed by atoms with E-state index in [4.69, 9.17) is 21.8 Å². The lowest BCUT2D eigenvalue weighted by Crippen LogP contribution is -2.29. The zero-order chi connectivity index (χ0) is 7.72. The van der Waals surface area contributed by atoms with Gasteiger partial charge >= 0.3 is 5.97 Å².